The first-order valence-electron chi connectivity index (χ1n) is 13.3. The molecule has 0 spiro atoms. The second-order valence-electron chi connectivity index (χ2n) is 10.9. The molecule has 1 atom stereocenters. The third-order valence-corrected chi connectivity index (χ3v) is 8.38. The number of likely N-dealkylation sites (tertiary alicyclic amines) is 2. The third-order valence-electron chi connectivity index (χ3n) is 8.38. The largest absolute Gasteiger partial charge is 0.463 e. The topological polar surface area (TPSA) is 61.7 Å². The Hall–Kier alpha value is -2.72. The van der Waals surface area contributed by atoms with Crippen molar-refractivity contribution in [2.24, 2.45) is 11.3 Å². The van der Waals surface area contributed by atoms with E-state index in [0.29, 0.717) is 68.0 Å². The molecule has 0 radical (unpaired) electrons. The van der Waals surface area contributed by atoms with E-state index in [4.69, 9.17) is 4.74 Å². The molecule has 206 valence electrons. The summed E-state index contributed by atoms with van der Waals surface area (Å²) in [5, 5.41) is 9.74. The fourth-order valence-electron chi connectivity index (χ4n) is 5.69. The van der Waals surface area contributed by atoms with Crippen molar-refractivity contribution in [2.75, 3.05) is 39.3 Å². The van der Waals surface area contributed by atoms with Gasteiger partial charge in [-0.2, -0.15) is 13.2 Å². The van der Waals surface area contributed by atoms with Crippen molar-refractivity contribution in [3.8, 4) is 17.1 Å². The second kappa shape index (κ2) is 10.8. The first-order chi connectivity index (χ1) is 18.1. The Morgan fingerprint density at radius 1 is 1.08 bits per heavy atom. The molecule has 2 aromatic rings. The van der Waals surface area contributed by atoms with Crippen LogP contribution in [0.2, 0.25) is 0 Å². The standard InChI is InChI=1S/C28H34F4N4O2/c1-19(36-12-7-23(37)16-36)24-4-3-21(13-25(24)29)22-14-33-26(34-15-22)38-17-20-5-10-35(11-6-20)18-27(8-2-9-27)28(30,31)32/h3-4,13-15,20,23,37H,1-2,5-12,16-18H2. The van der Waals surface area contributed by atoms with Crippen molar-refractivity contribution in [3.05, 3.63) is 48.6 Å². The van der Waals surface area contributed by atoms with Crippen molar-refractivity contribution < 1.29 is 27.4 Å². The molecule has 1 aromatic heterocycles. The molecule has 3 fully saturated rings. The minimum Gasteiger partial charge on any atom is -0.463 e. The molecule has 0 bridgehead atoms. The first-order valence-corrected chi connectivity index (χ1v) is 13.3. The summed E-state index contributed by atoms with van der Waals surface area (Å²) in [6.07, 6.45) is 1.96. The normalized spacial score (nSPS) is 22.3. The highest BCUT2D eigenvalue weighted by molar-refractivity contribution is 5.68. The molecule has 1 N–H and O–H groups in total. The minimum atomic E-state index is -4.13. The monoisotopic (exact) mass is 534 g/mol. The Bertz CT molecular complexity index is 1130. The summed E-state index contributed by atoms with van der Waals surface area (Å²) >= 11 is 0. The summed E-state index contributed by atoms with van der Waals surface area (Å²) in [6.45, 7) is 6.88. The molecule has 10 heteroatoms. The Kier molecular flexibility index (Phi) is 7.64. The van der Waals surface area contributed by atoms with Gasteiger partial charge in [-0.15, -0.1) is 0 Å². The average Bonchev–Trinajstić information content (AvgIpc) is 3.31. The van der Waals surface area contributed by atoms with Gasteiger partial charge in [-0.25, -0.2) is 14.4 Å². The van der Waals surface area contributed by atoms with Crippen LogP contribution in [0.4, 0.5) is 17.6 Å². The predicted molar refractivity (Wildman–Crippen MR) is 136 cm³/mol. The smallest absolute Gasteiger partial charge is 0.395 e. The van der Waals surface area contributed by atoms with Crippen LogP contribution in [0.25, 0.3) is 16.8 Å². The van der Waals surface area contributed by atoms with E-state index in [1.165, 1.54) is 6.07 Å². The molecular weight excluding hydrogens is 500 g/mol. The van der Waals surface area contributed by atoms with Crippen LogP contribution in [0.15, 0.2) is 37.2 Å². The van der Waals surface area contributed by atoms with E-state index < -0.39 is 23.5 Å². The van der Waals surface area contributed by atoms with Crippen LogP contribution < -0.4 is 4.74 Å². The van der Waals surface area contributed by atoms with E-state index in [2.05, 4.69) is 16.5 Å². The Morgan fingerprint density at radius 2 is 1.79 bits per heavy atom. The van der Waals surface area contributed by atoms with Crippen LogP contribution in [0.3, 0.4) is 0 Å². The predicted octanol–water partition coefficient (Wildman–Crippen LogP) is 5.14. The van der Waals surface area contributed by atoms with Crippen LogP contribution in [0.1, 0.15) is 44.1 Å². The number of halogens is 4. The zero-order valence-electron chi connectivity index (χ0n) is 21.4. The molecule has 5 rings (SSSR count). The molecule has 3 aliphatic rings. The zero-order valence-corrected chi connectivity index (χ0v) is 21.4. The van der Waals surface area contributed by atoms with E-state index in [0.717, 1.165) is 12.8 Å². The molecule has 38 heavy (non-hydrogen) atoms. The number of rotatable bonds is 8. The number of piperidine rings is 1. The van der Waals surface area contributed by atoms with Gasteiger partial charge < -0.3 is 19.6 Å². The third kappa shape index (κ3) is 5.66. The van der Waals surface area contributed by atoms with Crippen molar-refractivity contribution in [1.29, 1.82) is 0 Å². The van der Waals surface area contributed by atoms with Crippen LogP contribution in [-0.4, -0.2) is 76.5 Å². The molecule has 6 nitrogen and oxygen atoms in total. The molecule has 0 amide bonds. The number of hydrogen-bond donors (Lipinski definition) is 1. The summed E-state index contributed by atoms with van der Waals surface area (Å²) in [4.78, 5) is 12.4. The molecule has 1 aromatic carbocycles. The van der Waals surface area contributed by atoms with Gasteiger partial charge in [0.05, 0.1) is 18.1 Å². The summed E-state index contributed by atoms with van der Waals surface area (Å²) in [5.74, 6) is -0.164. The quantitative estimate of drug-likeness (QED) is 0.473. The van der Waals surface area contributed by atoms with Crippen LogP contribution in [0.5, 0.6) is 6.01 Å². The maximum atomic E-state index is 14.9. The zero-order chi connectivity index (χ0) is 26.9. The molecule has 3 heterocycles. The number of aliphatic hydroxyl groups excluding tert-OH is 1. The van der Waals surface area contributed by atoms with Crippen LogP contribution in [0, 0.1) is 17.2 Å². The Balaban J connectivity index is 1.11. The van der Waals surface area contributed by atoms with Crippen LogP contribution in [-0.2, 0) is 0 Å². The summed E-state index contributed by atoms with van der Waals surface area (Å²) < 4.78 is 61.1. The number of alkyl halides is 3. The minimum absolute atomic E-state index is 0.103. The molecule has 1 saturated carbocycles. The number of hydrogen-bond acceptors (Lipinski definition) is 6. The number of β-amino-alcohol motifs (C(OH)–C–C–N with tert-alkyl or cyclic N) is 1. The van der Waals surface area contributed by atoms with Gasteiger partial charge in [-0.3, -0.25) is 0 Å². The van der Waals surface area contributed by atoms with E-state index in [1.54, 1.807) is 24.5 Å². The SMILES string of the molecule is C=C(c1ccc(-c2cnc(OCC3CCN(CC4(C(F)(F)F)CCC4)CC3)nc2)cc1F)N1CCC(O)C1. The summed E-state index contributed by atoms with van der Waals surface area (Å²) in [5.41, 5.74) is 0.714. The average molecular weight is 535 g/mol. The number of ether oxygens (including phenoxy) is 1. The van der Waals surface area contributed by atoms with Crippen molar-refractivity contribution in [1.82, 2.24) is 19.8 Å². The number of aliphatic hydroxyl groups is 1. The molecule has 2 aliphatic heterocycles. The van der Waals surface area contributed by atoms with E-state index >= 15 is 0 Å². The molecule has 1 aliphatic carbocycles. The van der Waals surface area contributed by atoms with Gasteiger partial charge in [0.15, 0.2) is 0 Å². The fraction of sp³-hybridized carbons (Fsp3) is 0.571. The summed E-state index contributed by atoms with van der Waals surface area (Å²) in [7, 11) is 0. The van der Waals surface area contributed by atoms with E-state index in [9.17, 15) is 22.7 Å². The fourth-order valence-corrected chi connectivity index (χ4v) is 5.69. The Labute approximate surface area is 220 Å². The highest BCUT2D eigenvalue weighted by atomic mass is 19.4. The first kappa shape index (κ1) is 26.9. The van der Waals surface area contributed by atoms with Crippen LogP contribution >= 0.6 is 0 Å². The van der Waals surface area contributed by atoms with Gasteiger partial charge >= 0.3 is 12.2 Å². The lowest BCUT2D eigenvalue weighted by atomic mass is 9.67. The van der Waals surface area contributed by atoms with Crippen molar-refractivity contribution in [3.63, 3.8) is 0 Å². The van der Waals surface area contributed by atoms with Gasteiger partial charge in [-0.05, 0) is 68.8 Å². The molecule has 1 unspecified atom stereocenters. The lowest BCUT2D eigenvalue weighted by Gasteiger charge is -2.47. The van der Waals surface area contributed by atoms with Gasteiger partial charge in [0, 0.05) is 48.9 Å². The van der Waals surface area contributed by atoms with Gasteiger partial charge in [-0.1, -0.05) is 19.1 Å². The van der Waals surface area contributed by atoms with Gasteiger partial charge in [0.1, 0.15) is 5.82 Å². The molecule has 2 saturated heterocycles. The maximum absolute atomic E-state index is 14.9. The van der Waals surface area contributed by atoms with Crippen molar-refractivity contribution in [2.45, 2.75) is 50.8 Å². The highest BCUT2D eigenvalue weighted by Gasteiger charge is 2.58. The number of benzene rings is 1. The van der Waals surface area contributed by atoms with Crippen molar-refractivity contribution >= 4 is 5.70 Å². The Morgan fingerprint density at radius 3 is 2.34 bits per heavy atom. The van der Waals surface area contributed by atoms with Gasteiger partial charge in [0.2, 0.25) is 0 Å². The highest BCUT2D eigenvalue weighted by Crippen LogP contribution is 2.53. The van der Waals surface area contributed by atoms with E-state index in [-0.39, 0.29) is 31.3 Å². The number of aromatic nitrogens is 2. The van der Waals surface area contributed by atoms with E-state index in [1.807, 2.05) is 9.80 Å². The number of nitrogens with zero attached hydrogens (tertiary/aromatic N) is 4. The second-order valence-corrected chi connectivity index (χ2v) is 10.9. The lowest BCUT2D eigenvalue weighted by Crippen LogP contribution is -2.53. The van der Waals surface area contributed by atoms with Gasteiger partial charge in [0.25, 0.3) is 0 Å². The lowest BCUT2D eigenvalue weighted by molar-refractivity contribution is -0.256. The summed E-state index contributed by atoms with van der Waals surface area (Å²) in [6, 6.07) is 5.11. The molecular formula is C28H34F4N4O2. The maximum Gasteiger partial charge on any atom is 0.395 e.